The van der Waals surface area contributed by atoms with Crippen LogP contribution < -0.4 is 0 Å². The van der Waals surface area contributed by atoms with Gasteiger partial charge in [0.1, 0.15) is 5.82 Å². The Morgan fingerprint density at radius 2 is 2.50 bits per heavy atom. The van der Waals surface area contributed by atoms with Gasteiger partial charge in [-0.1, -0.05) is 0 Å². The number of hydrogen-bond acceptors (Lipinski definition) is 3. The minimum Gasteiger partial charge on any atom is -0.296 e. The van der Waals surface area contributed by atoms with Crippen LogP contribution in [0.3, 0.4) is 0 Å². The molecular formula is C6H5N3S. The normalized spacial score (nSPS) is 13.6. The molecule has 0 amide bonds. The molecule has 1 aromatic rings. The fourth-order valence-electron chi connectivity index (χ4n) is 0.926. The van der Waals surface area contributed by atoms with Gasteiger partial charge in [0, 0.05) is 12.4 Å². The third-order valence-corrected chi connectivity index (χ3v) is 1.73. The standard InChI is InChI=1S/C6H5N3S/c10-6-8-2-1-5-7-3-4-9(5)6/h1-3H,4H2. The van der Waals surface area contributed by atoms with Crippen molar-refractivity contribution in [3.8, 4) is 0 Å². The lowest BCUT2D eigenvalue weighted by Crippen LogP contribution is -1.96. The molecule has 2 rings (SSSR count). The van der Waals surface area contributed by atoms with Gasteiger partial charge in [-0.2, -0.15) is 0 Å². The van der Waals surface area contributed by atoms with E-state index in [9.17, 15) is 0 Å². The molecule has 1 aliphatic rings. The van der Waals surface area contributed by atoms with Crippen molar-refractivity contribution < 1.29 is 0 Å². The lowest BCUT2D eigenvalue weighted by atomic mass is 10.6. The lowest BCUT2D eigenvalue weighted by molar-refractivity contribution is 0.834. The van der Waals surface area contributed by atoms with Crippen LogP contribution in [0.2, 0.25) is 0 Å². The second kappa shape index (κ2) is 1.98. The minimum atomic E-state index is 0.606. The quantitative estimate of drug-likeness (QED) is 0.523. The average Bonchev–Trinajstić information content (AvgIpc) is 2.36. The third kappa shape index (κ3) is 0.690. The summed E-state index contributed by atoms with van der Waals surface area (Å²) in [6.45, 7) is 0.766. The van der Waals surface area contributed by atoms with Crippen LogP contribution in [-0.2, 0) is 6.54 Å². The molecule has 0 N–H and O–H groups in total. The Balaban J connectivity index is 2.77. The summed E-state index contributed by atoms with van der Waals surface area (Å²) in [5.41, 5.74) is 0. The van der Waals surface area contributed by atoms with E-state index in [2.05, 4.69) is 9.98 Å². The first kappa shape index (κ1) is 5.73. The number of fused-ring (bicyclic) bond motifs is 1. The highest BCUT2D eigenvalue weighted by atomic mass is 32.1. The molecule has 2 heterocycles. The zero-order valence-electron chi connectivity index (χ0n) is 5.19. The maximum atomic E-state index is 4.95. The van der Waals surface area contributed by atoms with Crippen molar-refractivity contribution in [2.24, 2.45) is 4.99 Å². The second-order valence-corrected chi connectivity index (χ2v) is 2.37. The van der Waals surface area contributed by atoms with E-state index in [1.54, 1.807) is 6.20 Å². The van der Waals surface area contributed by atoms with Gasteiger partial charge in [0.2, 0.25) is 4.77 Å². The van der Waals surface area contributed by atoms with E-state index in [1.165, 1.54) is 0 Å². The summed E-state index contributed by atoms with van der Waals surface area (Å²) in [5.74, 6) is 0.903. The van der Waals surface area contributed by atoms with Gasteiger partial charge in [0.15, 0.2) is 0 Å². The first-order valence-electron chi connectivity index (χ1n) is 2.96. The summed E-state index contributed by atoms with van der Waals surface area (Å²) in [5, 5.41) is 0. The van der Waals surface area contributed by atoms with Gasteiger partial charge < -0.3 is 0 Å². The number of nitrogens with zero attached hydrogens (tertiary/aromatic N) is 3. The molecule has 3 nitrogen and oxygen atoms in total. The molecule has 0 aliphatic carbocycles. The predicted octanol–water partition coefficient (Wildman–Crippen LogP) is 1.33. The number of aromatic nitrogens is 2. The van der Waals surface area contributed by atoms with Crippen LogP contribution in [0.1, 0.15) is 0 Å². The third-order valence-electron chi connectivity index (χ3n) is 1.40. The lowest BCUT2D eigenvalue weighted by Gasteiger charge is -1.97. The van der Waals surface area contributed by atoms with E-state index in [4.69, 9.17) is 12.2 Å². The van der Waals surface area contributed by atoms with Gasteiger partial charge in [0.25, 0.3) is 0 Å². The monoisotopic (exact) mass is 151 g/mol. The van der Waals surface area contributed by atoms with Crippen LogP contribution in [0.5, 0.6) is 0 Å². The van der Waals surface area contributed by atoms with Crippen molar-refractivity contribution >= 4 is 24.3 Å². The van der Waals surface area contributed by atoms with Crippen molar-refractivity contribution in [3.05, 3.63) is 17.0 Å². The van der Waals surface area contributed by atoms with Crippen LogP contribution in [0.25, 0.3) is 0 Å². The average molecular weight is 151 g/mol. The summed E-state index contributed by atoms with van der Waals surface area (Å²) in [7, 11) is 0. The summed E-state index contributed by atoms with van der Waals surface area (Å²) in [6.07, 6.45) is 3.50. The smallest absolute Gasteiger partial charge is 0.201 e. The summed E-state index contributed by atoms with van der Waals surface area (Å²) < 4.78 is 2.49. The largest absolute Gasteiger partial charge is 0.296 e. The van der Waals surface area contributed by atoms with Crippen molar-refractivity contribution in [1.29, 1.82) is 0 Å². The molecule has 4 heteroatoms. The number of aliphatic imine (C=N–C) groups is 1. The maximum absolute atomic E-state index is 4.95. The van der Waals surface area contributed by atoms with E-state index in [0.29, 0.717) is 4.77 Å². The summed E-state index contributed by atoms with van der Waals surface area (Å²) in [4.78, 5) is 8.04. The Kier molecular flexibility index (Phi) is 1.14. The molecule has 0 saturated carbocycles. The van der Waals surface area contributed by atoms with Crippen LogP contribution in [-0.4, -0.2) is 15.8 Å². The second-order valence-electron chi connectivity index (χ2n) is 2.01. The van der Waals surface area contributed by atoms with Crippen molar-refractivity contribution in [2.75, 3.05) is 0 Å². The van der Waals surface area contributed by atoms with E-state index >= 15 is 0 Å². The molecule has 0 radical (unpaired) electrons. The predicted molar refractivity (Wildman–Crippen MR) is 41.2 cm³/mol. The number of rotatable bonds is 0. The highest BCUT2D eigenvalue weighted by molar-refractivity contribution is 7.71. The topological polar surface area (TPSA) is 30.2 Å². The van der Waals surface area contributed by atoms with E-state index in [0.717, 1.165) is 12.4 Å². The van der Waals surface area contributed by atoms with E-state index < -0.39 is 0 Å². The zero-order valence-corrected chi connectivity index (χ0v) is 6.01. The molecule has 1 aromatic heterocycles. The minimum absolute atomic E-state index is 0.606. The number of hydrogen-bond donors (Lipinski definition) is 0. The molecule has 0 saturated heterocycles. The summed E-state index contributed by atoms with van der Waals surface area (Å²) in [6, 6.07) is 1.85. The van der Waals surface area contributed by atoms with Crippen molar-refractivity contribution in [3.63, 3.8) is 0 Å². The van der Waals surface area contributed by atoms with Gasteiger partial charge in [-0.3, -0.25) is 4.57 Å². The first-order chi connectivity index (χ1) is 4.88. The van der Waals surface area contributed by atoms with Gasteiger partial charge in [-0.15, -0.1) is 0 Å². The Hall–Kier alpha value is -1.03. The molecule has 0 bridgehead atoms. The molecule has 50 valence electrons. The molecule has 0 aromatic carbocycles. The molecule has 0 spiro atoms. The van der Waals surface area contributed by atoms with E-state index in [-0.39, 0.29) is 0 Å². The molecular weight excluding hydrogens is 146 g/mol. The fourth-order valence-corrected chi connectivity index (χ4v) is 1.15. The molecule has 0 atom stereocenters. The van der Waals surface area contributed by atoms with Gasteiger partial charge in [-0.05, 0) is 18.3 Å². The maximum Gasteiger partial charge on any atom is 0.201 e. The highest BCUT2D eigenvalue weighted by Gasteiger charge is 2.02. The van der Waals surface area contributed by atoms with Gasteiger partial charge in [-0.25, -0.2) is 9.98 Å². The SMILES string of the molecule is S=c1nccc2n1CC=N2. The summed E-state index contributed by atoms with van der Waals surface area (Å²) >= 11 is 4.95. The Bertz CT molecular complexity index is 339. The van der Waals surface area contributed by atoms with Crippen LogP contribution in [0, 0.1) is 4.77 Å². The Labute approximate surface area is 63.1 Å². The van der Waals surface area contributed by atoms with Crippen LogP contribution in [0.4, 0.5) is 5.82 Å². The molecule has 1 aliphatic heterocycles. The van der Waals surface area contributed by atoms with Crippen molar-refractivity contribution in [1.82, 2.24) is 9.55 Å². The van der Waals surface area contributed by atoms with Crippen LogP contribution >= 0.6 is 12.2 Å². The molecule has 0 unspecified atom stereocenters. The van der Waals surface area contributed by atoms with Gasteiger partial charge >= 0.3 is 0 Å². The van der Waals surface area contributed by atoms with E-state index in [1.807, 2.05) is 16.8 Å². The van der Waals surface area contributed by atoms with Crippen LogP contribution in [0.15, 0.2) is 17.3 Å². The first-order valence-corrected chi connectivity index (χ1v) is 3.37. The Morgan fingerprint density at radius 1 is 1.60 bits per heavy atom. The van der Waals surface area contributed by atoms with Crippen molar-refractivity contribution in [2.45, 2.75) is 6.54 Å². The van der Waals surface area contributed by atoms with Gasteiger partial charge in [0.05, 0.1) is 6.54 Å². The molecule has 10 heavy (non-hydrogen) atoms. The zero-order chi connectivity index (χ0) is 6.97. The fraction of sp³-hybridized carbons (Fsp3) is 0.167. The molecule has 0 fully saturated rings. The highest BCUT2D eigenvalue weighted by Crippen LogP contribution is 2.14. The Morgan fingerprint density at radius 3 is 3.30 bits per heavy atom.